The SMILES string of the molecule is C[C@@H](C[C@@H](N)Cc1ccccc1)C(=O)NN. The van der Waals surface area contributed by atoms with E-state index in [1.807, 2.05) is 37.3 Å². The quantitative estimate of drug-likeness (QED) is 0.386. The van der Waals surface area contributed by atoms with Crippen molar-refractivity contribution in [1.82, 2.24) is 5.43 Å². The molecular formula is C12H19N3O. The second kappa shape index (κ2) is 6.25. The van der Waals surface area contributed by atoms with Crippen LogP contribution in [-0.4, -0.2) is 11.9 Å². The minimum Gasteiger partial charge on any atom is -0.327 e. The van der Waals surface area contributed by atoms with Gasteiger partial charge in [-0.2, -0.15) is 0 Å². The molecule has 1 aromatic rings. The van der Waals surface area contributed by atoms with Crippen molar-refractivity contribution in [2.24, 2.45) is 17.5 Å². The maximum Gasteiger partial charge on any atom is 0.236 e. The number of benzene rings is 1. The number of hydrogen-bond donors (Lipinski definition) is 3. The zero-order valence-electron chi connectivity index (χ0n) is 9.52. The van der Waals surface area contributed by atoms with Gasteiger partial charge in [-0.05, 0) is 18.4 Å². The molecule has 0 saturated carbocycles. The van der Waals surface area contributed by atoms with Crippen molar-refractivity contribution in [3.63, 3.8) is 0 Å². The lowest BCUT2D eigenvalue weighted by Crippen LogP contribution is -2.37. The topological polar surface area (TPSA) is 81.1 Å². The molecule has 0 unspecified atom stereocenters. The third kappa shape index (κ3) is 4.00. The van der Waals surface area contributed by atoms with Gasteiger partial charge < -0.3 is 5.73 Å². The Balaban J connectivity index is 2.42. The fourth-order valence-corrected chi connectivity index (χ4v) is 1.70. The molecule has 0 fully saturated rings. The normalized spacial score (nSPS) is 14.2. The summed E-state index contributed by atoms with van der Waals surface area (Å²) in [6.07, 6.45) is 1.42. The Kier molecular flexibility index (Phi) is 4.95. The number of hydrazine groups is 1. The Bertz CT molecular complexity index is 326. The lowest BCUT2D eigenvalue weighted by molar-refractivity contribution is -0.124. The van der Waals surface area contributed by atoms with E-state index in [-0.39, 0.29) is 17.9 Å². The Morgan fingerprint density at radius 1 is 1.38 bits per heavy atom. The number of rotatable bonds is 5. The Hall–Kier alpha value is -1.39. The van der Waals surface area contributed by atoms with Crippen LogP contribution in [0.25, 0.3) is 0 Å². The van der Waals surface area contributed by atoms with Crippen LogP contribution < -0.4 is 17.0 Å². The van der Waals surface area contributed by atoms with Crippen molar-refractivity contribution in [2.45, 2.75) is 25.8 Å². The smallest absolute Gasteiger partial charge is 0.236 e. The third-order valence-electron chi connectivity index (χ3n) is 2.59. The largest absolute Gasteiger partial charge is 0.327 e. The molecule has 0 aliphatic rings. The first kappa shape index (κ1) is 12.7. The van der Waals surface area contributed by atoms with Gasteiger partial charge in [0.2, 0.25) is 5.91 Å². The van der Waals surface area contributed by atoms with E-state index in [0.29, 0.717) is 6.42 Å². The second-order valence-corrected chi connectivity index (χ2v) is 4.10. The van der Waals surface area contributed by atoms with E-state index >= 15 is 0 Å². The average molecular weight is 221 g/mol. The number of hydrogen-bond acceptors (Lipinski definition) is 3. The van der Waals surface area contributed by atoms with Crippen LogP contribution in [0.15, 0.2) is 30.3 Å². The standard InChI is InChI=1S/C12H19N3O/c1-9(12(16)15-14)7-11(13)8-10-5-3-2-4-6-10/h2-6,9,11H,7-8,13-14H2,1H3,(H,15,16)/t9-,11+/m0/s1. The van der Waals surface area contributed by atoms with E-state index in [1.54, 1.807) is 0 Å². The molecule has 4 nitrogen and oxygen atoms in total. The Morgan fingerprint density at radius 3 is 2.56 bits per heavy atom. The van der Waals surface area contributed by atoms with Gasteiger partial charge in [-0.3, -0.25) is 10.2 Å². The monoisotopic (exact) mass is 221 g/mol. The van der Waals surface area contributed by atoms with E-state index < -0.39 is 0 Å². The van der Waals surface area contributed by atoms with Crippen molar-refractivity contribution in [3.05, 3.63) is 35.9 Å². The van der Waals surface area contributed by atoms with Gasteiger partial charge in [0.05, 0.1) is 0 Å². The van der Waals surface area contributed by atoms with E-state index in [2.05, 4.69) is 5.43 Å². The Labute approximate surface area is 96.0 Å². The van der Waals surface area contributed by atoms with Gasteiger partial charge >= 0.3 is 0 Å². The molecule has 0 saturated heterocycles. The summed E-state index contributed by atoms with van der Waals surface area (Å²) in [6, 6.07) is 9.99. The first-order valence-electron chi connectivity index (χ1n) is 5.43. The minimum atomic E-state index is -0.163. The van der Waals surface area contributed by atoms with Gasteiger partial charge in [0, 0.05) is 12.0 Å². The van der Waals surface area contributed by atoms with Gasteiger partial charge in [0.15, 0.2) is 0 Å². The maximum atomic E-state index is 11.2. The first-order chi connectivity index (χ1) is 7.63. The van der Waals surface area contributed by atoms with E-state index in [4.69, 9.17) is 11.6 Å². The molecule has 1 rings (SSSR count). The van der Waals surface area contributed by atoms with Crippen molar-refractivity contribution < 1.29 is 4.79 Å². The van der Waals surface area contributed by atoms with Gasteiger partial charge in [-0.15, -0.1) is 0 Å². The molecular weight excluding hydrogens is 202 g/mol. The summed E-state index contributed by atoms with van der Waals surface area (Å²) in [7, 11) is 0. The summed E-state index contributed by atoms with van der Waals surface area (Å²) in [5.74, 6) is 4.75. The van der Waals surface area contributed by atoms with E-state index in [1.165, 1.54) is 5.56 Å². The minimum absolute atomic E-state index is 0.0188. The van der Waals surface area contributed by atoms with Gasteiger partial charge in [0.1, 0.15) is 0 Å². The van der Waals surface area contributed by atoms with Crippen LogP contribution in [0.5, 0.6) is 0 Å². The number of nitrogens with one attached hydrogen (secondary N) is 1. The maximum absolute atomic E-state index is 11.2. The van der Waals surface area contributed by atoms with Crippen molar-refractivity contribution in [2.75, 3.05) is 0 Å². The molecule has 1 amide bonds. The zero-order chi connectivity index (χ0) is 12.0. The van der Waals surface area contributed by atoms with Crippen LogP contribution in [0.1, 0.15) is 18.9 Å². The molecule has 88 valence electrons. The number of carbonyl (C=O) groups excluding carboxylic acids is 1. The molecule has 16 heavy (non-hydrogen) atoms. The lowest BCUT2D eigenvalue weighted by Gasteiger charge is -2.16. The molecule has 1 aromatic carbocycles. The van der Waals surface area contributed by atoms with Crippen molar-refractivity contribution in [3.8, 4) is 0 Å². The van der Waals surface area contributed by atoms with Gasteiger partial charge in [-0.1, -0.05) is 37.3 Å². The molecule has 0 spiro atoms. The molecule has 0 heterocycles. The number of carbonyl (C=O) groups is 1. The summed E-state index contributed by atoms with van der Waals surface area (Å²) in [6.45, 7) is 1.83. The highest BCUT2D eigenvalue weighted by molar-refractivity contribution is 5.77. The third-order valence-corrected chi connectivity index (χ3v) is 2.59. The van der Waals surface area contributed by atoms with Crippen molar-refractivity contribution >= 4 is 5.91 Å². The van der Waals surface area contributed by atoms with E-state index in [0.717, 1.165) is 6.42 Å². The fraction of sp³-hybridized carbons (Fsp3) is 0.417. The second-order valence-electron chi connectivity index (χ2n) is 4.10. The summed E-state index contributed by atoms with van der Waals surface area (Å²) in [4.78, 5) is 11.2. The predicted molar refractivity (Wildman–Crippen MR) is 64.2 cm³/mol. The molecule has 2 atom stereocenters. The highest BCUT2D eigenvalue weighted by atomic mass is 16.2. The molecule has 0 bridgehead atoms. The zero-order valence-corrected chi connectivity index (χ0v) is 9.52. The lowest BCUT2D eigenvalue weighted by atomic mass is 9.96. The highest BCUT2D eigenvalue weighted by Gasteiger charge is 2.15. The molecule has 0 aromatic heterocycles. The van der Waals surface area contributed by atoms with Crippen molar-refractivity contribution in [1.29, 1.82) is 0 Å². The molecule has 5 N–H and O–H groups in total. The van der Waals surface area contributed by atoms with Gasteiger partial charge in [-0.25, -0.2) is 5.84 Å². The molecule has 4 heteroatoms. The molecule has 0 aliphatic heterocycles. The summed E-state index contributed by atoms with van der Waals surface area (Å²) in [5.41, 5.74) is 9.31. The van der Waals surface area contributed by atoms with Crippen LogP contribution in [0.2, 0.25) is 0 Å². The van der Waals surface area contributed by atoms with Crippen LogP contribution in [0.3, 0.4) is 0 Å². The number of nitrogens with two attached hydrogens (primary N) is 2. The predicted octanol–water partition coefficient (Wildman–Crippen LogP) is 0.573. The summed E-state index contributed by atoms with van der Waals surface area (Å²) < 4.78 is 0. The number of amides is 1. The van der Waals surface area contributed by atoms with Crippen LogP contribution in [-0.2, 0) is 11.2 Å². The summed E-state index contributed by atoms with van der Waals surface area (Å²) >= 11 is 0. The Morgan fingerprint density at radius 2 is 2.00 bits per heavy atom. The van der Waals surface area contributed by atoms with Crippen LogP contribution in [0, 0.1) is 5.92 Å². The highest BCUT2D eigenvalue weighted by Crippen LogP contribution is 2.09. The molecule has 0 aliphatic carbocycles. The van der Waals surface area contributed by atoms with Crippen LogP contribution in [0.4, 0.5) is 0 Å². The van der Waals surface area contributed by atoms with Crippen LogP contribution >= 0.6 is 0 Å². The van der Waals surface area contributed by atoms with E-state index in [9.17, 15) is 4.79 Å². The average Bonchev–Trinajstić information content (AvgIpc) is 2.29. The fourth-order valence-electron chi connectivity index (χ4n) is 1.70. The van der Waals surface area contributed by atoms with Gasteiger partial charge in [0.25, 0.3) is 0 Å². The summed E-state index contributed by atoms with van der Waals surface area (Å²) in [5, 5.41) is 0. The molecule has 0 radical (unpaired) electrons. The first-order valence-corrected chi connectivity index (χ1v) is 5.43.